The summed E-state index contributed by atoms with van der Waals surface area (Å²) in [5.74, 6) is 0. The first-order valence-electron chi connectivity index (χ1n) is 2.46. The first kappa shape index (κ1) is 7.27. The standard InChI is InChI=1S/C4H10N2.H2S/c1-2-4-6-5-3-1;/h5-6H,1-4H2;1H2. The highest BCUT2D eigenvalue weighted by Gasteiger charge is 1.92. The van der Waals surface area contributed by atoms with Crippen LogP contribution in [0.15, 0.2) is 0 Å². The Bertz CT molecular complexity index is 25.2. The van der Waals surface area contributed by atoms with Crippen molar-refractivity contribution >= 4 is 13.5 Å². The summed E-state index contributed by atoms with van der Waals surface area (Å²) in [6.45, 7) is 2.28. The third-order valence-corrected chi connectivity index (χ3v) is 0.979. The minimum absolute atomic E-state index is 0. The van der Waals surface area contributed by atoms with Gasteiger partial charge < -0.3 is 0 Å². The zero-order chi connectivity index (χ0) is 4.24. The Kier molecular flexibility index (Phi) is 4.60. The molecule has 1 aliphatic heterocycles. The van der Waals surface area contributed by atoms with E-state index in [1.807, 2.05) is 0 Å². The van der Waals surface area contributed by atoms with Crippen molar-refractivity contribution in [2.24, 2.45) is 0 Å². The van der Waals surface area contributed by atoms with Gasteiger partial charge in [0.1, 0.15) is 0 Å². The molecule has 0 unspecified atom stereocenters. The highest BCUT2D eigenvalue weighted by atomic mass is 32.1. The Morgan fingerprint density at radius 1 is 0.857 bits per heavy atom. The maximum atomic E-state index is 3.03. The van der Waals surface area contributed by atoms with Crippen LogP contribution in [0.4, 0.5) is 0 Å². The molecule has 1 fully saturated rings. The fraction of sp³-hybridized carbons (Fsp3) is 1.00. The van der Waals surface area contributed by atoms with Crippen molar-refractivity contribution in [2.45, 2.75) is 12.8 Å². The molecule has 3 heteroatoms. The van der Waals surface area contributed by atoms with Gasteiger partial charge in [-0.2, -0.15) is 13.5 Å². The van der Waals surface area contributed by atoms with E-state index in [2.05, 4.69) is 10.9 Å². The minimum atomic E-state index is 0. The molecule has 0 radical (unpaired) electrons. The van der Waals surface area contributed by atoms with Crippen molar-refractivity contribution in [3.8, 4) is 0 Å². The van der Waals surface area contributed by atoms with Gasteiger partial charge in [0.05, 0.1) is 0 Å². The van der Waals surface area contributed by atoms with Crippen LogP contribution < -0.4 is 10.9 Å². The highest BCUT2D eigenvalue weighted by molar-refractivity contribution is 7.59. The monoisotopic (exact) mass is 120 g/mol. The number of hydrogen-bond acceptors (Lipinski definition) is 2. The second kappa shape index (κ2) is 4.43. The van der Waals surface area contributed by atoms with Crippen LogP contribution in [0.1, 0.15) is 12.8 Å². The van der Waals surface area contributed by atoms with Gasteiger partial charge in [0.15, 0.2) is 0 Å². The van der Waals surface area contributed by atoms with E-state index in [1.165, 1.54) is 12.8 Å². The van der Waals surface area contributed by atoms with Crippen molar-refractivity contribution in [3.05, 3.63) is 0 Å². The molecule has 0 bridgehead atoms. The SMILES string of the molecule is C1CCNNC1.S. The molecule has 2 nitrogen and oxygen atoms in total. The molecule has 0 spiro atoms. The van der Waals surface area contributed by atoms with Gasteiger partial charge in [-0.25, -0.2) is 0 Å². The van der Waals surface area contributed by atoms with Crippen LogP contribution in [0.5, 0.6) is 0 Å². The summed E-state index contributed by atoms with van der Waals surface area (Å²) in [7, 11) is 0. The molecule has 1 saturated heterocycles. The Labute approximate surface area is 51.1 Å². The number of nitrogens with one attached hydrogen (secondary N) is 2. The number of hydrogen-bond donors (Lipinski definition) is 2. The van der Waals surface area contributed by atoms with Crippen molar-refractivity contribution < 1.29 is 0 Å². The summed E-state index contributed by atoms with van der Waals surface area (Å²) in [4.78, 5) is 0. The average molecular weight is 120 g/mol. The summed E-state index contributed by atoms with van der Waals surface area (Å²) in [6.07, 6.45) is 2.65. The molecule has 0 saturated carbocycles. The predicted molar refractivity (Wildman–Crippen MR) is 35.6 cm³/mol. The first-order valence-corrected chi connectivity index (χ1v) is 2.46. The molecule has 1 rings (SSSR count). The molecule has 0 aromatic heterocycles. The third-order valence-electron chi connectivity index (χ3n) is 0.979. The van der Waals surface area contributed by atoms with Crippen LogP contribution in [-0.2, 0) is 0 Å². The van der Waals surface area contributed by atoms with Crippen LogP contribution in [0, 0.1) is 0 Å². The molecular weight excluding hydrogens is 108 g/mol. The van der Waals surface area contributed by atoms with E-state index in [0.29, 0.717) is 0 Å². The van der Waals surface area contributed by atoms with E-state index in [0.717, 1.165) is 13.1 Å². The third kappa shape index (κ3) is 2.91. The predicted octanol–water partition coefficient (Wildman–Crippen LogP) is -0.0128. The molecule has 44 valence electrons. The Balaban J connectivity index is 0.000000360. The first-order chi connectivity index (χ1) is 3.00. The summed E-state index contributed by atoms with van der Waals surface area (Å²) in [5, 5.41) is 0. The molecule has 2 N–H and O–H groups in total. The minimum Gasteiger partial charge on any atom is -0.258 e. The van der Waals surface area contributed by atoms with Gasteiger partial charge in [-0.15, -0.1) is 0 Å². The van der Waals surface area contributed by atoms with E-state index in [9.17, 15) is 0 Å². The van der Waals surface area contributed by atoms with Gasteiger partial charge in [-0.3, -0.25) is 10.9 Å². The zero-order valence-corrected chi connectivity index (χ0v) is 5.33. The van der Waals surface area contributed by atoms with Crippen molar-refractivity contribution in [1.82, 2.24) is 10.9 Å². The van der Waals surface area contributed by atoms with Gasteiger partial charge in [0.25, 0.3) is 0 Å². The molecule has 1 heterocycles. The lowest BCUT2D eigenvalue weighted by atomic mass is 10.3. The van der Waals surface area contributed by atoms with Crippen LogP contribution in [0.25, 0.3) is 0 Å². The quantitative estimate of drug-likeness (QED) is 0.470. The largest absolute Gasteiger partial charge is 0.258 e. The van der Waals surface area contributed by atoms with E-state index in [1.54, 1.807) is 0 Å². The molecule has 0 amide bonds. The Hall–Kier alpha value is 0.270. The smallest absolute Gasteiger partial charge is 0.0100 e. The van der Waals surface area contributed by atoms with Crippen LogP contribution in [0.3, 0.4) is 0 Å². The topological polar surface area (TPSA) is 24.1 Å². The lowest BCUT2D eigenvalue weighted by molar-refractivity contribution is 0.443. The highest BCUT2D eigenvalue weighted by Crippen LogP contribution is 1.85. The van der Waals surface area contributed by atoms with Crippen LogP contribution >= 0.6 is 13.5 Å². The van der Waals surface area contributed by atoms with E-state index in [-0.39, 0.29) is 13.5 Å². The van der Waals surface area contributed by atoms with Crippen molar-refractivity contribution in [3.63, 3.8) is 0 Å². The van der Waals surface area contributed by atoms with Crippen molar-refractivity contribution in [2.75, 3.05) is 13.1 Å². The molecule has 0 atom stereocenters. The summed E-state index contributed by atoms with van der Waals surface area (Å²) >= 11 is 0. The molecule has 0 aromatic rings. The van der Waals surface area contributed by atoms with Gasteiger partial charge in [-0.05, 0) is 12.8 Å². The fourth-order valence-corrected chi connectivity index (χ4v) is 0.604. The Morgan fingerprint density at radius 3 is 1.43 bits per heavy atom. The molecule has 0 aromatic carbocycles. The average Bonchev–Trinajstić information content (AvgIpc) is 1.72. The molecule has 7 heavy (non-hydrogen) atoms. The Morgan fingerprint density at radius 2 is 1.29 bits per heavy atom. The fourth-order valence-electron chi connectivity index (χ4n) is 0.604. The number of hydrazine groups is 1. The van der Waals surface area contributed by atoms with E-state index >= 15 is 0 Å². The van der Waals surface area contributed by atoms with E-state index in [4.69, 9.17) is 0 Å². The van der Waals surface area contributed by atoms with Gasteiger partial charge in [0, 0.05) is 13.1 Å². The summed E-state index contributed by atoms with van der Waals surface area (Å²) in [5.41, 5.74) is 6.07. The summed E-state index contributed by atoms with van der Waals surface area (Å²) in [6, 6.07) is 0. The van der Waals surface area contributed by atoms with Crippen LogP contribution in [0.2, 0.25) is 0 Å². The molecule has 1 aliphatic rings. The second-order valence-corrected chi connectivity index (χ2v) is 1.56. The maximum absolute atomic E-state index is 3.03. The van der Waals surface area contributed by atoms with Gasteiger partial charge in [-0.1, -0.05) is 0 Å². The molecule has 0 aliphatic carbocycles. The molecular formula is C4H12N2S. The lowest BCUT2D eigenvalue weighted by Crippen LogP contribution is -2.37. The van der Waals surface area contributed by atoms with Gasteiger partial charge in [0.2, 0.25) is 0 Å². The van der Waals surface area contributed by atoms with Crippen molar-refractivity contribution in [1.29, 1.82) is 0 Å². The maximum Gasteiger partial charge on any atom is 0.0100 e. The lowest BCUT2D eigenvalue weighted by Gasteiger charge is -2.10. The van der Waals surface area contributed by atoms with Gasteiger partial charge >= 0.3 is 0 Å². The second-order valence-electron chi connectivity index (χ2n) is 1.56. The summed E-state index contributed by atoms with van der Waals surface area (Å²) < 4.78 is 0. The van der Waals surface area contributed by atoms with Crippen LogP contribution in [-0.4, -0.2) is 13.1 Å². The normalized spacial score (nSPS) is 20.6. The zero-order valence-electron chi connectivity index (χ0n) is 4.33. The number of rotatable bonds is 0. The van der Waals surface area contributed by atoms with E-state index < -0.39 is 0 Å².